The standard InChI is InChI=1S/C17H20N2O2/c1-11(2)6-8-18-17(21)14-10-19-9-7-12-4-3-5-13(15(12)19)16(14)20/h3-5,10-11H,6-9H2,1-2H3,(H,18,21). The highest BCUT2D eigenvalue weighted by Gasteiger charge is 2.20. The van der Waals surface area contributed by atoms with E-state index in [1.807, 2.05) is 22.8 Å². The van der Waals surface area contributed by atoms with Gasteiger partial charge in [-0.1, -0.05) is 26.0 Å². The van der Waals surface area contributed by atoms with Gasteiger partial charge in [0.05, 0.1) is 5.52 Å². The number of para-hydroxylation sites is 1. The molecule has 0 bridgehead atoms. The molecule has 0 radical (unpaired) electrons. The second kappa shape index (κ2) is 5.35. The van der Waals surface area contributed by atoms with Crippen molar-refractivity contribution in [3.63, 3.8) is 0 Å². The predicted octanol–water partition coefficient (Wildman–Crippen LogP) is 2.33. The van der Waals surface area contributed by atoms with Crippen LogP contribution in [0.25, 0.3) is 10.9 Å². The van der Waals surface area contributed by atoms with Crippen LogP contribution in [0.1, 0.15) is 36.2 Å². The van der Waals surface area contributed by atoms with Gasteiger partial charge in [0.15, 0.2) is 0 Å². The maximum Gasteiger partial charge on any atom is 0.256 e. The molecule has 1 amide bonds. The van der Waals surface area contributed by atoms with Gasteiger partial charge in [-0.3, -0.25) is 9.59 Å². The van der Waals surface area contributed by atoms with Crippen molar-refractivity contribution >= 4 is 16.8 Å². The number of aryl methyl sites for hydroxylation is 2. The Hall–Kier alpha value is -2.10. The number of amides is 1. The summed E-state index contributed by atoms with van der Waals surface area (Å²) in [5.74, 6) is 0.270. The van der Waals surface area contributed by atoms with E-state index < -0.39 is 0 Å². The number of carbonyl (C=O) groups excluding carboxylic acids is 1. The quantitative estimate of drug-likeness (QED) is 0.937. The highest BCUT2D eigenvalue weighted by Crippen LogP contribution is 2.23. The fourth-order valence-corrected chi connectivity index (χ4v) is 2.89. The van der Waals surface area contributed by atoms with Crippen molar-refractivity contribution in [2.45, 2.75) is 33.2 Å². The smallest absolute Gasteiger partial charge is 0.256 e. The molecule has 2 heterocycles. The Balaban J connectivity index is 1.96. The van der Waals surface area contributed by atoms with Crippen LogP contribution < -0.4 is 10.7 Å². The molecule has 21 heavy (non-hydrogen) atoms. The summed E-state index contributed by atoms with van der Waals surface area (Å²) in [5, 5.41) is 3.51. The molecule has 1 N–H and O–H groups in total. The number of pyridine rings is 1. The topological polar surface area (TPSA) is 51.1 Å². The van der Waals surface area contributed by atoms with Crippen LogP contribution in [0.15, 0.2) is 29.2 Å². The van der Waals surface area contributed by atoms with Crippen molar-refractivity contribution < 1.29 is 4.79 Å². The summed E-state index contributed by atoms with van der Waals surface area (Å²) in [6, 6.07) is 5.76. The number of hydrogen-bond acceptors (Lipinski definition) is 2. The second-order valence-corrected chi connectivity index (χ2v) is 6.07. The molecule has 0 aliphatic carbocycles. The Bertz CT molecular complexity index is 759. The van der Waals surface area contributed by atoms with Crippen molar-refractivity contribution in [1.82, 2.24) is 9.88 Å². The molecule has 3 rings (SSSR count). The molecule has 0 saturated heterocycles. The second-order valence-electron chi connectivity index (χ2n) is 6.07. The molecule has 1 aliphatic rings. The fraction of sp³-hybridized carbons (Fsp3) is 0.412. The lowest BCUT2D eigenvalue weighted by atomic mass is 10.1. The molecule has 4 heteroatoms. The molecular formula is C17H20N2O2. The summed E-state index contributed by atoms with van der Waals surface area (Å²) >= 11 is 0. The van der Waals surface area contributed by atoms with Crippen molar-refractivity contribution in [3.8, 4) is 0 Å². The lowest BCUT2D eigenvalue weighted by Crippen LogP contribution is -2.30. The van der Waals surface area contributed by atoms with Gasteiger partial charge in [0.25, 0.3) is 5.91 Å². The maximum absolute atomic E-state index is 12.5. The van der Waals surface area contributed by atoms with Crippen LogP contribution in [-0.2, 0) is 13.0 Å². The van der Waals surface area contributed by atoms with Crippen molar-refractivity contribution in [3.05, 3.63) is 45.7 Å². The first-order chi connectivity index (χ1) is 10.1. The van der Waals surface area contributed by atoms with Crippen LogP contribution in [0, 0.1) is 5.92 Å². The number of benzene rings is 1. The molecular weight excluding hydrogens is 264 g/mol. The van der Waals surface area contributed by atoms with Crippen LogP contribution >= 0.6 is 0 Å². The number of nitrogens with one attached hydrogen (secondary N) is 1. The van der Waals surface area contributed by atoms with Gasteiger partial charge in [-0.25, -0.2) is 0 Å². The summed E-state index contributed by atoms with van der Waals surface area (Å²) in [4.78, 5) is 24.8. The first-order valence-corrected chi connectivity index (χ1v) is 7.51. The van der Waals surface area contributed by atoms with Crippen molar-refractivity contribution in [1.29, 1.82) is 0 Å². The largest absolute Gasteiger partial charge is 0.352 e. The molecule has 0 saturated carbocycles. The molecule has 1 aliphatic heterocycles. The number of hydrogen-bond donors (Lipinski definition) is 1. The number of rotatable bonds is 4. The van der Waals surface area contributed by atoms with E-state index in [9.17, 15) is 9.59 Å². The minimum Gasteiger partial charge on any atom is -0.352 e. The highest BCUT2D eigenvalue weighted by molar-refractivity contribution is 5.98. The molecule has 1 aromatic heterocycles. The first-order valence-electron chi connectivity index (χ1n) is 7.51. The zero-order valence-electron chi connectivity index (χ0n) is 12.5. The summed E-state index contributed by atoms with van der Waals surface area (Å²) in [7, 11) is 0. The maximum atomic E-state index is 12.5. The minimum atomic E-state index is -0.261. The Kier molecular flexibility index (Phi) is 3.53. The average molecular weight is 284 g/mol. The zero-order chi connectivity index (χ0) is 15.0. The van der Waals surface area contributed by atoms with E-state index in [2.05, 4.69) is 19.2 Å². The molecule has 0 fully saturated rings. The first kappa shape index (κ1) is 13.9. The van der Waals surface area contributed by atoms with Gasteiger partial charge in [0, 0.05) is 24.7 Å². The summed E-state index contributed by atoms with van der Waals surface area (Å²) in [5.41, 5.74) is 2.27. The van der Waals surface area contributed by atoms with E-state index in [0.717, 1.165) is 24.9 Å². The van der Waals surface area contributed by atoms with Gasteiger partial charge >= 0.3 is 0 Å². The van der Waals surface area contributed by atoms with Crippen LogP contribution in [0.2, 0.25) is 0 Å². The predicted molar refractivity (Wildman–Crippen MR) is 83.7 cm³/mol. The van der Waals surface area contributed by atoms with Crippen LogP contribution in [0.4, 0.5) is 0 Å². The van der Waals surface area contributed by atoms with Gasteiger partial charge in [-0.05, 0) is 30.4 Å². The van der Waals surface area contributed by atoms with Crippen molar-refractivity contribution in [2.24, 2.45) is 5.92 Å². The Morgan fingerprint density at radius 1 is 1.38 bits per heavy atom. The molecule has 0 atom stereocenters. The normalized spacial score (nSPS) is 13.1. The average Bonchev–Trinajstić information content (AvgIpc) is 2.86. The van der Waals surface area contributed by atoms with Crippen LogP contribution in [-0.4, -0.2) is 17.0 Å². The third kappa shape index (κ3) is 2.46. The Morgan fingerprint density at radius 3 is 2.95 bits per heavy atom. The molecule has 110 valence electrons. The third-order valence-electron chi connectivity index (χ3n) is 4.05. The number of aromatic nitrogens is 1. The van der Waals surface area contributed by atoms with Crippen LogP contribution in [0.3, 0.4) is 0 Å². The van der Waals surface area contributed by atoms with E-state index in [0.29, 0.717) is 17.8 Å². The SMILES string of the molecule is CC(C)CCNC(=O)c1cn2c3c(cccc3c1=O)CC2. The van der Waals surface area contributed by atoms with Gasteiger partial charge in [0.1, 0.15) is 5.56 Å². The lowest BCUT2D eigenvalue weighted by molar-refractivity contribution is 0.0950. The number of nitrogens with zero attached hydrogens (tertiary/aromatic N) is 1. The van der Waals surface area contributed by atoms with Crippen LogP contribution in [0.5, 0.6) is 0 Å². The molecule has 2 aromatic rings. The van der Waals surface area contributed by atoms with E-state index in [4.69, 9.17) is 0 Å². The van der Waals surface area contributed by atoms with E-state index >= 15 is 0 Å². The van der Waals surface area contributed by atoms with E-state index in [1.165, 1.54) is 5.56 Å². The highest BCUT2D eigenvalue weighted by atomic mass is 16.2. The van der Waals surface area contributed by atoms with Gasteiger partial charge in [-0.15, -0.1) is 0 Å². The monoisotopic (exact) mass is 284 g/mol. The number of carbonyl (C=O) groups is 1. The summed E-state index contributed by atoms with van der Waals surface area (Å²) in [6.45, 7) is 5.66. The Morgan fingerprint density at radius 2 is 2.19 bits per heavy atom. The lowest BCUT2D eigenvalue weighted by Gasteiger charge is -2.10. The van der Waals surface area contributed by atoms with Crippen molar-refractivity contribution in [2.75, 3.05) is 6.54 Å². The fourth-order valence-electron chi connectivity index (χ4n) is 2.89. The minimum absolute atomic E-state index is 0.160. The van der Waals surface area contributed by atoms with Gasteiger partial charge < -0.3 is 9.88 Å². The molecule has 0 unspecified atom stereocenters. The zero-order valence-corrected chi connectivity index (χ0v) is 12.5. The van der Waals surface area contributed by atoms with E-state index in [-0.39, 0.29) is 16.9 Å². The molecule has 1 aromatic carbocycles. The van der Waals surface area contributed by atoms with Gasteiger partial charge in [-0.2, -0.15) is 0 Å². The third-order valence-corrected chi connectivity index (χ3v) is 4.05. The summed E-state index contributed by atoms with van der Waals surface area (Å²) < 4.78 is 2.03. The Labute approximate surface area is 123 Å². The van der Waals surface area contributed by atoms with E-state index in [1.54, 1.807) is 6.20 Å². The summed E-state index contributed by atoms with van der Waals surface area (Å²) in [6.07, 6.45) is 3.55. The van der Waals surface area contributed by atoms with Gasteiger partial charge in [0.2, 0.25) is 5.43 Å². The molecule has 4 nitrogen and oxygen atoms in total. The molecule has 0 spiro atoms.